The van der Waals surface area contributed by atoms with Crippen molar-refractivity contribution in [3.05, 3.63) is 47.8 Å². The van der Waals surface area contributed by atoms with Crippen molar-refractivity contribution in [3.8, 4) is 0 Å². The minimum Gasteiger partial charge on any atom is -0.387 e. The van der Waals surface area contributed by atoms with E-state index in [1.807, 2.05) is 0 Å². The Morgan fingerprint density at radius 1 is 1.33 bits per heavy atom. The van der Waals surface area contributed by atoms with Gasteiger partial charge in [-0.2, -0.15) is 5.10 Å². The lowest BCUT2D eigenvalue weighted by Gasteiger charge is -2.35. The van der Waals surface area contributed by atoms with E-state index in [-0.39, 0.29) is 11.9 Å². The molecule has 0 amide bonds. The number of β-amino-alcohol motifs (C(OH)–C–C–N with tert-alkyl or cyclic N) is 1. The smallest absolute Gasteiger partial charge is 0.141 e. The van der Waals surface area contributed by atoms with E-state index in [9.17, 15) is 9.50 Å². The van der Waals surface area contributed by atoms with Crippen LogP contribution in [-0.2, 0) is 0 Å². The highest BCUT2D eigenvalue weighted by Crippen LogP contribution is 2.30. The lowest BCUT2D eigenvalue weighted by molar-refractivity contribution is 0.0637. The number of aliphatic hydroxyl groups excluding tert-OH is 1. The number of hydrogen-bond acceptors (Lipinski definition) is 4. The Bertz CT molecular complexity index is 558. The Kier molecular flexibility index (Phi) is 4.26. The molecule has 2 N–H and O–H groups in total. The van der Waals surface area contributed by atoms with Crippen molar-refractivity contribution in [1.29, 1.82) is 0 Å². The second-order valence-electron chi connectivity index (χ2n) is 5.44. The fourth-order valence-corrected chi connectivity index (χ4v) is 2.91. The summed E-state index contributed by atoms with van der Waals surface area (Å²) >= 11 is 0. The molecule has 1 fully saturated rings. The Morgan fingerprint density at radius 2 is 2.14 bits per heavy atom. The molecule has 21 heavy (non-hydrogen) atoms. The Hall–Kier alpha value is -1.79. The summed E-state index contributed by atoms with van der Waals surface area (Å²) in [7, 11) is 0. The summed E-state index contributed by atoms with van der Waals surface area (Å²) in [6.07, 6.45) is 4.15. The van der Waals surface area contributed by atoms with Crippen LogP contribution in [0.5, 0.6) is 0 Å². The third-order valence-electron chi connectivity index (χ3n) is 4.03. The summed E-state index contributed by atoms with van der Waals surface area (Å²) in [5.41, 5.74) is 0.735. The normalized spacial score (nSPS) is 21.3. The van der Waals surface area contributed by atoms with E-state index in [0.29, 0.717) is 6.54 Å². The molecule has 0 radical (unpaired) electrons. The fraction of sp³-hybridized carbons (Fsp3) is 0.467. The monoisotopic (exact) mass is 290 g/mol. The van der Waals surface area contributed by atoms with Crippen LogP contribution in [0.2, 0.25) is 0 Å². The van der Waals surface area contributed by atoms with Crippen molar-refractivity contribution in [2.45, 2.75) is 31.4 Å². The first kappa shape index (κ1) is 14.2. The topological polar surface area (TPSA) is 65.0 Å². The summed E-state index contributed by atoms with van der Waals surface area (Å²) in [4.78, 5) is 6.46. The average Bonchev–Trinajstić information content (AvgIpc) is 3.02. The van der Waals surface area contributed by atoms with E-state index in [0.717, 1.165) is 37.2 Å². The van der Waals surface area contributed by atoms with Crippen molar-refractivity contribution in [3.63, 3.8) is 0 Å². The van der Waals surface area contributed by atoms with E-state index in [4.69, 9.17) is 0 Å². The first-order valence-electron chi connectivity index (χ1n) is 7.27. The van der Waals surface area contributed by atoms with Crippen molar-refractivity contribution in [2.75, 3.05) is 13.1 Å². The van der Waals surface area contributed by atoms with Gasteiger partial charge in [0.1, 0.15) is 18.0 Å². The van der Waals surface area contributed by atoms with Gasteiger partial charge in [0.2, 0.25) is 0 Å². The zero-order valence-electron chi connectivity index (χ0n) is 11.7. The Morgan fingerprint density at radius 3 is 2.86 bits per heavy atom. The number of halogens is 1. The number of likely N-dealkylation sites (tertiary alicyclic amines) is 1. The number of rotatable bonds is 4. The van der Waals surface area contributed by atoms with Gasteiger partial charge in [0.25, 0.3) is 0 Å². The van der Waals surface area contributed by atoms with Gasteiger partial charge in [-0.3, -0.25) is 10.00 Å². The molecule has 2 atom stereocenters. The number of benzene rings is 1. The number of aliphatic hydroxyl groups is 1. The molecule has 6 heteroatoms. The average molecular weight is 290 g/mol. The minimum absolute atomic E-state index is 0.163. The van der Waals surface area contributed by atoms with Crippen molar-refractivity contribution < 1.29 is 9.50 Å². The highest BCUT2D eigenvalue weighted by atomic mass is 19.1. The van der Waals surface area contributed by atoms with E-state index in [1.54, 1.807) is 12.1 Å². The molecule has 0 spiro atoms. The number of H-pyrrole nitrogens is 1. The van der Waals surface area contributed by atoms with Crippen molar-refractivity contribution in [2.24, 2.45) is 0 Å². The highest BCUT2D eigenvalue weighted by Gasteiger charge is 2.27. The molecule has 2 heterocycles. The second-order valence-corrected chi connectivity index (χ2v) is 5.44. The van der Waals surface area contributed by atoms with E-state index in [2.05, 4.69) is 20.1 Å². The van der Waals surface area contributed by atoms with Crippen LogP contribution in [0.1, 0.15) is 42.8 Å². The second kappa shape index (κ2) is 6.32. The van der Waals surface area contributed by atoms with Crippen LogP contribution >= 0.6 is 0 Å². The number of nitrogens with one attached hydrogen (secondary N) is 1. The molecule has 1 aromatic heterocycles. The number of aromatic nitrogens is 3. The van der Waals surface area contributed by atoms with Gasteiger partial charge in [-0.05, 0) is 37.1 Å². The molecule has 1 aliphatic rings. The number of nitrogens with zero attached hydrogens (tertiary/aromatic N) is 3. The maximum absolute atomic E-state index is 12.9. The van der Waals surface area contributed by atoms with Crippen LogP contribution in [0.25, 0.3) is 0 Å². The van der Waals surface area contributed by atoms with Crippen LogP contribution in [0, 0.1) is 5.82 Å². The molecule has 3 rings (SSSR count). The summed E-state index contributed by atoms with van der Waals surface area (Å²) in [6.45, 7) is 1.43. The molecule has 0 saturated carbocycles. The summed E-state index contributed by atoms with van der Waals surface area (Å²) in [5.74, 6) is 0.560. The van der Waals surface area contributed by atoms with Crippen LogP contribution < -0.4 is 0 Å². The van der Waals surface area contributed by atoms with E-state index >= 15 is 0 Å². The first-order chi connectivity index (χ1) is 10.2. The zero-order valence-corrected chi connectivity index (χ0v) is 11.7. The van der Waals surface area contributed by atoms with Gasteiger partial charge in [-0.15, -0.1) is 0 Å². The summed E-state index contributed by atoms with van der Waals surface area (Å²) in [5, 5.41) is 17.2. The fourth-order valence-electron chi connectivity index (χ4n) is 2.91. The number of piperidine rings is 1. The molecule has 1 aliphatic heterocycles. The third kappa shape index (κ3) is 3.28. The maximum Gasteiger partial charge on any atom is 0.141 e. The molecule has 2 unspecified atom stereocenters. The molecule has 1 aromatic carbocycles. The molecule has 0 aliphatic carbocycles. The zero-order chi connectivity index (χ0) is 14.7. The predicted octanol–water partition coefficient (Wildman–Crippen LogP) is 2.20. The maximum atomic E-state index is 12.9. The third-order valence-corrected chi connectivity index (χ3v) is 4.03. The Balaban J connectivity index is 1.71. The standard InChI is InChI=1S/C15H19FN4O/c16-12-6-4-11(5-7-12)14(21)9-20-8-2-1-3-13(20)15-17-10-18-19-15/h4-7,10,13-14,21H,1-3,8-9H2,(H,17,18,19). The van der Waals surface area contributed by atoms with E-state index in [1.165, 1.54) is 18.5 Å². The van der Waals surface area contributed by atoms with Crippen molar-refractivity contribution >= 4 is 0 Å². The van der Waals surface area contributed by atoms with Crippen LogP contribution in [0.15, 0.2) is 30.6 Å². The van der Waals surface area contributed by atoms with Crippen LogP contribution in [0.4, 0.5) is 4.39 Å². The molecule has 1 saturated heterocycles. The highest BCUT2D eigenvalue weighted by molar-refractivity contribution is 5.19. The van der Waals surface area contributed by atoms with Gasteiger partial charge in [-0.25, -0.2) is 9.37 Å². The molecular weight excluding hydrogens is 271 g/mol. The van der Waals surface area contributed by atoms with Gasteiger partial charge in [0, 0.05) is 6.54 Å². The van der Waals surface area contributed by atoms with Gasteiger partial charge in [0.15, 0.2) is 0 Å². The summed E-state index contributed by atoms with van der Waals surface area (Å²) in [6, 6.07) is 6.18. The molecular formula is C15H19FN4O. The largest absolute Gasteiger partial charge is 0.387 e. The molecule has 0 bridgehead atoms. The van der Waals surface area contributed by atoms with Crippen LogP contribution in [-0.4, -0.2) is 38.3 Å². The van der Waals surface area contributed by atoms with Gasteiger partial charge < -0.3 is 5.11 Å². The van der Waals surface area contributed by atoms with Gasteiger partial charge in [-0.1, -0.05) is 18.6 Å². The van der Waals surface area contributed by atoms with Crippen LogP contribution in [0.3, 0.4) is 0 Å². The van der Waals surface area contributed by atoms with Crippen molar-refractivity contribution in [1.82, 2.24) is 20.1 Å². The quantitative estimate of drug-likeness (QED) is 0.906. The van der Waals surface area contributed by atoms with E-state index < -0.39 is 6.10 Å². The van der Waals surface area contributed by atoms with Gasteiger partial charge >= 0.3 is 0 Å². The van der Waals surface area contributed by atoms with Gasteiger partial charge in [0.05, 0.1) is 12.1 Å². The molecule has 112 valence electrons. The first-order valence-corrected chi connectivity index (χ1v) is 7.27. The SMILES string of the molecule is OC(CN1CCCCC1c1ncn[nH]1)c1ccc(F)cc1. The number of hydrogen-bond donors (Lipinski definition) is 2. The number of aromatic amines is 1. The Labute approximate surface area is 122 Å². The predicted molar refractivity (Wildman–Crippen MR) is 75.9 cm³/mol. The molecule has 5 nitrogen and oxygen atoms in total. The minimum atomic E-state index is -0.630. The lowest BCUT2D eigenvalue weighted by Crippen LogP contribution is -2.37. The molecule has 2 aromatic rings. The lowest BCUT2D eigenvalue weighted by atomic mass is 10.00. The summed E-state index contributed by atoms with van der Waals surface area (Å²) < 4.78 is 12.9.